The van der Waals surface area contributed by atoms with Gasteiger partial charge >= 0.3 is 0 Å². The second-order valence-corrected chi connectivity index (χ2v) is 10.2. The van der Waals surface area contributed by atoms with Crippen molar-refractivity contribution in [3.05, 3.63) is 46.5 Å². The van der Waals surface area contributed by atoms with Crippen LogP contribution in [0.3, 0.4) is 0 Å². The molecular weight excluding hydrogens is 447 g/mol. The molecule has 1 aliphatic heterocycles. The van der Waals surface area contributed by atoms with Crippen LogP contribution in [-0.4, -0.2) is 47.4 Å². The van der Waals surface area contributed by atoms with E-state index < -0.39 is 0 Å². The highest BCUT2D eigenvalue weighted by Gasteiger charge is 2.39. The fraction of sp³-hybridized carbons (Fsp3) is 0.640. The van der Waals surface area contributed by atoms with Gasteiger partial charge in [-0.25, -0.2) is 0 Å². The normalized spacial score (nSPS) is 27.6. The minimum atomic E-state index is -0.105. The monoisotopic (exact) mass is 488 g/mol. The van der Waals surface area contributed by atoms with Gasteiger partial charge in [0.05, 0.1) is 5.92 Å². The number of rotatable bonds is 6. The highest BCUT2D eigenvalue weighted by molar-refractivity contribution is 6.31. The lowest BCUT2D eigenvalue weighted by Crippen LogP contribution is -2.52. The average molecular weight is 490 g/mol. The van der Waals surface area contributed by atoms with Gasteiger partial charge in [0.25, 0.3) is 0 Å². The van der Waals surface area contributed by atoms with Crippen molar-refractivity contribution < 1.29 is 15.7 Å². The van der Waals surface area contributed by atoms with Gasteiger partial charge in [-0.2, -0.15) is 0 Å². The number of halogens is 2. The van der Waals surface area contributed by atoms with Crippen LogP contribution in [0.15, 0.2) is 46.5 Å². The molecule has 4 atom stereocenters. The minimum absolute atomic E-state index is 0. The number of carbonyl (C=O) groups excluding carboxylic acids is 1. The quantitative estimate of drug-likeness (QED) is 0.590. The Labute approximate surface area is 204 Å². The lowest BCUT2D eigenvalue weighted by atomic mass is 9.66. The summed E-state index contributed by atoms with van der Waals surface area (Å²) < 4.78 is 0. The van der Waals surface area contributed by atoms with Crippen molar-refractivity contribution in [2.75, 3.05) is 19.6 Å². The number of hydrogen-bond acceptors (Lipinski definition) is 2. The van der Waals surface area contributed by atoms with Crippen LogP contribution in [0.1, 0.15) is 53.9 Å². The topological polar surface area (TPSA) is 95.3 Å². The zero-order valence-electron chi connectivity index (χ0n) is 18.8. The molecule has 5 N–H and O–H groups in total. The van der Waals surface area contributed by atoms with Gasteiger partial charge in [0.1, 0.15) is 0 Å². The van der Waals surface area contributed by atoms with Crippen LogP contribution in [-0.2, 0) is 4.79 Å². The molecule has 32 heavy (non-hydrogen) atoms. The third-order valence-electron chi connectivity index (χ3n) is 6.70. The predicted octanol–water partition coefficient (Wildman–Crippen LogP) is 4.61. The summed E-state index contributed by atoms with van der Waals surface area (Å²) in [5, 5.41) is 4.85. The predicted molar refractivity (Wildman–Crippen MR) is 137 cm³/mol. The van der Waals surface area contributed by atoms with E-state index in [-0.39, 0.29) is 41.7 Å². The Morgan fingerprint density at radius 1 is 1.16 bits per heavy atom. The van der Waals surface area contributed by atoms with Crippen LogP contribution in [0, 0.1) is 23.2 Å². The van der Waals surface area contributed by atoms with Crippen molar-refractivity contribution in [3.8, 4) is 0 Å². The van der Waals surface area contributed by atoms with E-state index in [1.54, 1.807) is 0 Å². The van der Waals surface area contributed by atoms with Crippen molar-refractivity contribution in [1.82, 2.24) is 10.2 Å². The van der Waals surface area contributed by atoms with E-state index in [0.717, 1.165) is 42.5 Å². The van der Waals surface area contributed by atoms with Crippen LogP contribution >= 0.6 is 23.2 Å². The van der Waals surface area contributed by atoms with E-state index in [2.05, 4.69) is 49.2 Å². The van der Waals surface area contributed by atoms with E-state index in [0.29, 0.717) is 18.3 Å². The molecule has 184 valence electrons. The highest BCUT2D eigenvalue weighted by atomic mass is 35.5. The molecule has 0 bridgehead atoms. The molecule has 2 aliphatic carbocycles. The first-order valence-electron chi connectivity index (χ1n) is 10.9. The lowest BCUT2D eigenvalue weighted by molar-refractivity contribution is -0.124. The molecule has 0 spiro atoms. The first kappa shape index (κ1) is 30.9. The maximum atomic E-state index is 12.7. The smallest absolute Gasteiger partial charge is 0.227 e. The Hall–Kier alpha value is -1.11. The summed E-state index contributed by atoms with van der Waals surface area (Å²) in [5.41, 5.74) is 0.237. The van der Waals surface area contributed by atoms with Crippen molar-refractivity contribution in [3.63, 3.8) is 0 Å². The second-order valence-electron chi connectivity index (χ2n) is 9.37. The number of carbonyl (C=O) groups is 1. The van der Waals surface area contributed by atoms with E-state index >= 15 is 0 Å². The molecule has 7 heteroatoms. The summed E-state index contributed by atoms with van der Waals surface area (Å²) in [5.74, 6) is 1.24. The maximum absolute atomic E-state index is 12.7. The number of hydrogen-bond donors (Lipinski definition) is 1. The van der Waals surface area contributed by atoms with Gasteiger partial charge in [0.15, 0.2) is 0 Å². The number of likely N-dealkylation sites (tertiary alicyclic amines) is 1. The van der Waals surface area contributed by atoms with Gasteiger partial charge in [-0.1, -0.05) is 75.7 Å². The molecule has 0 aromatic heterocycles. The van der Waals surface area contributed by atoms with Crippen LogP contribution in [0.25, 0.3) is 0 Å². The van der Waals surface area contributed by atoms with Gasteiger partial charge in [-0.15, -0.1) is 0 Å². The van der Waals surface area contributed by atoms with E-state index in [1.807, 2.05) is 18.2 Å². The number of allylic oxidation sites excluding steroid dienone is 7. The fourth-order valence-corrected chi connectivity index (χ4v) is 5.35. The zero-order chi connectivity index (χ0) is 21.0. The average Bonchev–Trinajstić information content (AvgIpc) is 2.68. The first-order chi connectivity index (χ1) is 13.8. The Balaban J connectivity index is 0.00000320. The van der Waals surface area contributed by atoms with Crippen LogP contribution in [0.2, 0.25) is 0 Å². The molecule has 0 aromatic rings. The van der Waals surface area contributed by atoms with Crippen molar-refractivity contribution in [2.24, 2.45) is 23.2 Å². The largest absolute Gasteiger partial charge is 0.412 e. The molecule has 0 saturated carbocycles. The first-order valence-corrected chi connectivity index (χ1v) is 11.6. The Bertz CT molecular complexity index is 731. The number of nitrogens with zero attached hydrogens (tertiary/aromatic N) is 1. The van der Waals surface area contributed by atoms with Crippen LogP contribution in [0.4, 0.5) is 0 Å². The molecule has 3 rings (SSSR count). The molecule has 1 saturated heterocycles. The standard InChI is InChI=1S/C24H34Cl2N2O.CH4.2H2O/c1-4-21(27-23(29)18-7-11-20(26)12-8-18)15-28-14-13-22(24(2,3)16-28)17-5-9-19(25)10-6-17;;;/h5,7,9-12,17-18,21-22H,4,6,8,13-16H2,1-3H3,(H,27,29);1H4;2*1H2/t17?,18?,21-,22?;;;/m1.../s1. The summed E-state index contributed by atoms with van der Waals surface area (Å²) in [4.78, 5) is 15.2. The SMILES string of the molecule is C.CC[C@H](CN1CCC(C2C=CC(Cl)=CC2)C(C)(C)C1)NC(=O)C1C=CC(Cl)=CC1.O.O. The Morgan fingerprint density at radius 3 is 2.28 bits per heavy atom. The van der Waals surface area contributed by atoms with E-state index in [4.69, 9.17) is 23.2 Å². The third-order valence-corrected chi connectivity index (χ3v) is 7.27. The van der Waals surface area contributed by atoms with Crippen LogP contribution < -0.4 is 5.32 Å². The molecule has 3 unspecified atom stereocenters. The lowest BCUT2D eigenvalue weighted by Gasteiger charge is -2.48. The summed E-state index contributed by atoms with van der Waals surface area (Å²) in [6.07, 6.45) is 16.0. The van der Waals surface area contributed by atoms with Crippen molar-refractivity contribution in [2.45, 2.75) is 59.9 Å². The Kier molecular flexibility index (Phi) is 13.1. The highest BCUT2D eigenvalue weighted by Crippen LogP contribution is 2.43. The minimum Gasteiger partial charge on any atom is -0.412 e. The molecule has 5 nitrogen and oxygen atoms in total. The van der Waals surface area contributed by atoms with E-state index in [9.17, 15) is 4.79 Å². The number of amides is 1. The van der Waals surface area contributed by atoms with Gasteiger partial charge in [-0.05, 0) is 61.6 Å². The molecule has 1 amide bonds. The number of piperidine rings is 1. The molecule has 1 heterocycles. The second kappa shape index (κ2) is 13.6. The van der Waals surface area contributed by atoms with E-state index in [1.165, 1.54) is 6.42 Å². The number of nitrogens with one attached hydrogen (secondary N) is 1. The third kappa shape index (κ3) is 8.03. The summed E-state index contributed by atoms with van der Waals surface area (Å²) in [6, 6.07) is 0.181. The summed E-state index contributed by atoms with van der Waals surface area (Å²) in [6.45, 7) is 9.99. The van der Waals surface area contributed by atoms with Crippen molar-refractivity contribution in [1.29, 1.82) is 0 Å². The molecular formula is C25H42Cl2N2O3. The van der Waals surface area contributed by atoms with Gasteiger partial charge in [0, 0.05) is 29.2 Å². The van der Waals surface area contributed by atoms with Crippen LogP contribution in [0.5, 0.6) is 0 Å². The van der Waals surface area contributed by atoms with Gasteiger partial charge in [-0.3, -0.25) is 4.79 Å². The summed E-state index contributed by atoms with van der Waals surface area (Å²) >= 11 is 12.1. The Morgan fingerprint density at radius 2 is 1.78 bits per heavy atom. The molecule has 0 radical (unpaired) electrons. The van der Waals surface area contributed by atoms with Crippen molar-refractivity contribution >= 4 is 29.1 Å². The van der Waals surface area contributed by atoms with Gasteiger partial charge in [0.2, 0.25) is 5.91 Å². The summed E-state index contributed by atoms with van der Waals surface area (Å²) in [7, 11) is 0. The molecule has 0 aromatic carbocycles. The fourth-order valence-electron chi connectivity index (χ4n) is 5.03. The van der Waals surface area contributed by atoms with Gasteiger partial charge < -0.3 is 21.2 Å². The zero-order valence-corrected chi connectivity index (χ0v) is 20.3. The molecule has 3 aliphatic rings. The maximum Gasteiger partial charge on any atom is 0.227 e. The molecule has 1 fully saturated rings.